The molecule has 1 aliphatic rings. The van der Waals surface area contributed by atoms with Gasteiger partial charge in [-0.3, -0.25) is 10.1 Å². The molecule has 1 aliphatic carbocycles. The number of non-ortho nitro benzene ring substituents is 1. The Morgan fingerprint density at radius 2 is 2.00 bits per heavy atom. The zero-order valence-corrected chi connectivity index (χ0v) is 9.00. The van der Waals surface area contributed by atoms with Crippen LogP contribution >= 0.6 is 0 Å². The summed E-state index contributed by atoms with van der Waals surface area (Å²) in [5.74, 6) is 0.498. The summed E-state index contributed by atoms with van der Waals surface area (Å²) in [5.41, 5.74) is 1.16. The average molecular weight is 221 g/mol. The monoisotopic (exact) mass is 221 g/mol. The zero-order valence-electron chi connectivity index (χ0n) is 9.00. The molecule has 1 aromatic rings. The smallest absolute Gasteiger partial charge is 0.269 e. The molecule has 0 aliphatic heterocycles. The van der Waals surface area contributed by atoms with E-state index in [-0.39, 0.29) is 11.8 Å². The summed E-state index contributed by atoms with van der Waals surface area (Å²) < 4.78 is 0. The number of nitrogens with zero attached hydrogens (tertiary/aromatic N) is 1. The summed E-state index contributed by atoms with van der Waals surface area (Å²) in [6, 6.07) is 6.55. The lowest BCUT2D eigenvalue weighted by Gasteiger charge is -2.08. The van der Waals surface area contributed by atoms with Crippen molar-refractivity contribution in [2.75, 3.05) is 0 Å². The molecule has 1 fully saturated rings. The predicted octanol–water partition coefficient (Wildman–Crippen LogP) is 2.30. The van der Waals surface area contributed by atoms with Crippen molar-refractivity contribution in [2.45, 2.75) is 31.8 Å². The van der Waals surface area contributed by atoms with Gasteiger partial charge in [0, 0.05) is 12.1 Å². The van der Waals surface area contributed by atoms with Gasteiger partial charge in [0.05, 0.1) is 11.0 Å². The van der Waals surface area contributed by atoms with Crippen molar-refractivity contribution in [1.82, 2.24) is 0 Å². The number of hydrogen-bond acceptors (Lipinski definition) is 3. The minimum Gasteiger partial charge on any atom is -0.393 e. The summed E-state index contributed by atoms with van der Waals surface area (Å²) in [7, 11) is 0. The van der Waals surface area contributed by atoms with Crippen LogP contribution in [-0.4, -0.2) is 16.1 Å². The molecule has 2 rings (SSSR count). The van der Waals surface area contributed by atoms with Gasteiger partial charge in [-0.05, 0) is 37.2 Å². The normalized spacial score (nSPS) is 17.1. The van der Waals surface area contributed by atoms with Crippen molar-refractivity contribution < 1.29 is 10.0 Å². The number of aryl methyl sites for hydroxylation is 1. The second-order valence-corrected chi connectivity index (χ2v) is 4.37. The summed E-state index contributed by atoms with van der Waals surface area (Å²) in [4.78, 5) is 10.0. The maximum Gasteiger partial charge on any atom is 0.269 e. The number of rotatable bonds is 5. The lowest BCUT2D eigenvalue weighted by atomic mass is 10.0. The fourth-order valence-electron chi connectivity index (χ4n) is 1.82. The first-order valence-electron chi connectivity index (χ1n) is 5.58. The Morgan fingerprint density at radius 1 is 1.38 bits per heavy atom. The first-order valence-corrected chi connectivity index (χ1v) is 5.58. The molecule has 1 atom stereocenters. The summed E-state index contributed by atoms with van der Waals surface area (Å²) in [6.45, 7) is 0. The topological polar surface area (TPSA) is 63.4 Å². The Labute approximate surface area is 94.1 Å². The van der Waals surface area contributed by atoms with Gasteiger partial charge in [-0.15, -0.1) is 0 Å². The molecule has 16 heavy (non-hydrogen) atoms. The van der Waals surface area contributed by atoms with Gasteiger partial charge in [-0.25, -0.2) is 0 Å². The summed E-state index contributed by atoms with van der Waals surface area (Å²) in [6.07, 6.45) is 3.62. The molecule has 0 amide bonds. The van der Waals surface area contributed by atoms with E-state index in [1.165, 1.54) is 12.1 Å². The molecule has 1 aromatic carbocycles. The quantitative estimate of drug-likeness (QED) is 0.613. The Kier molecular flexibility index (Phi) is 3.19. The number of benzene rings is 1. The Bertz CT molecular complexity index is 370. The van der Waals surface area contributed by atoms with E-state index >= 15 is 0 Å². The molecule has 1 saturated carbocycles. The Hall–Kier alpha value is -1.42. The molecular weight excluding hydrogens is 206 g/mol. The standard InChI is InChI=1S/C12H15NO3/c14-12(10-4-5-10)8-3-9-1-6-11(7-2-9)13(15)16/h1-2,6-7,10,12,14H,3-5,8H2. The summed E-state index contributed by atoms with van der Waals surface area (Å²) >= 11 is 0. The first kappa shape index (κ1) is 11.1. The van der Waals surface area contributed by atoms with Crippen molar-refractivity contribution in [3.05, 3.63) is 39.9 Å². The van der Waals surface area contributed by atoms with Crippen molar-refractivity contribution in [2.24, 2.45) is 5.92 Å². The molecule has 0 aromatic heterocycles. The second-order valence-electron chi connectivity index (χ2n) is 4.37. The van der Waals surface area contributed by atoms with E-state index in [0.717, 1.165) is 31.2 Å². The van der Waals surface area contributed by atoms with Gasteiger partial charge in [0.25, 0.3) is 5.69 Å². The highest BCUT2D eigenvalue weighted by atomic mass is 16.6. The van der Waals surface area contributed by atoms with Crippen LogP contribution in [0.2, 0.25) is 0 Å². The fraction of sp³-hybridized carbons (Fsp3) is 0.500. The van der Waals surface area contributed by atoms with E-state index < -0.39 is 4.92 Å². The van der Waals surface area contributed by atoms with Crippen molar-refractivity contribution in [3.8, 4) is 0 Å². The largest absolute Gasteiger partial charge is 0.393 e. The first-order chi connectivity index (χ1) is 7.66. The van der Waals surface area contributed by atoms with Crippen LogP contribution in [0.4, 0.5) is 5.69 Å². The number of aliphatic hydroxyl groups excluding tert-OH is 1. The maximum absolute atomic E-state index is 10.4. The Balaban J connectivity index is 1.86. The molecule has 1 N–H and O–H groups in total. The third kappa shape index (κ3) is 2.79. The highest BCUT2D eigenvalue weighted by molar-refractivity contribution is 5.32. The van der Waals surface area contributed by atoms with Crippen LogP contribution in [-0.2, 0) is 6.42 Å². The second kappa shape index (κ2) is 4.61. The van der Waals surface area contributed by atoms with Crippen LogP contribution in [0, 0.1) is 16.0 Å². The fourth-order valence-corrected chi connectivity index (χ4v) is 1.82. The minimum atomic E-state index is -0.400. The van der Waals surface area contributed by atoms with Gasteiger partial charge in [0.15, 0.2) is 0 Å². The van der Waals surface area contributed by atoms with Gasteiger partial charge in [-0.2, -0.15) is 0 Å². The molecule has 0 radical (unpaired) electrons. The van der Waals surface area contributed by atoms with Crippen LogP contribution < -0.4 is 0 Å². The SMILES string of the molecule is O=[N+]([O-])c1ccc(CCC(O)C2CC2)cc1. The van der Waals surface area contributed by atoms with Crippen LogP contribution in [0.3, 0.4) is 0 Å². The third-order valence-corrected chi connectivity index (χ3v) is 3.04. The minimum absolute atomic E-state index is 0.117. The third-order valence-electron chi connectivity index (χ3n) is 3.04. The average Bonchev–Trinajstić information content (AvgIpc) is 3.10. The van der Waals surface area contributed by atoms with E-state index in [1.54, 1.807) is 12.1 Å². The molecule has 4 heteroatoms. The predicted molar refractivity (Wildman–Crippen MR) is 60.1 cm³/mol. The van der Waals surface area contributed by atoms with Crippen LogP contribution in [0.15, 0.2) is 24.3 Å². The van der Waals surface area contributed by atoms with Crippen molar-refractivity contribution in [1.29, 1.82) is 0 Å². The Morgan fingerprint density at radius 3 is 2.50 bits per heavy atom. The van der Waals surface area contributed by atoms with Crippen LogP contribution in [0.5, 0.6) is 0 Å². The van der Waals surface area contributed by atoms with E-state index in [1.807, 2.05) is 0 Å². The van der Waals surface area contributed by atoms with E-state index in [0.29, 0.717) is 5.92 Å². The number of nitro benzene ring substituents is 1. The lowest BCUT2D eigenvalue weighted by Crippen LogP contribution is -2.10. The highest BCUT2D eigenvalue weighted by Gasteiger charge is 2.29. The maximum atomic E-state index is 10.4. The van der Waals surface area contributed by atoms with Crippen molar-refractivity contribution >= 4 is 5.69 Å². The molecule has 1 unspecified atom stereocenters. The number of aliphatic hydroxyl groups is 1. The zero-order chi connectivity index (χ0) is 11.5. The van der Waals surface area contributed by atoms with Crippen LogP contribution in [0.1, 0.15) is 24.8 Å². The van der Waals surface area contributed by atoms with Gasteiger partial charge >= 0.3 is 0 Å². The molecular formula is C12H15NO3. The number of hydrogen-bond donors (Lipinski definition) is 1. The van der Waals surface area contributed by atoms with Gasteiger partial charge in [0.1, 0.15) is 0 Å². The molecule has 0 heterocycles. The molecule has 0 saturated heterocycles. The molecule has 4 nitrogen and oxygen atoms in total. The van der Waals surface area contributed by atoms with E-state index in [4.69, 9.17) is 0 Å². The highest BCUT2D eigenvalue weighted by Crippen LogP contribution is 2.34. The number of nitro groups is 1. The van der Waals surface area contributed by atoms with Gasteiger partial charge < -0.3 is 5.11 Å². The van der Waals surface area contributed by atoms with Gasteiger partial charge in [0.2, 0.25) is 0 Å². The lowest BCUT2D eigenvalue weighted by molar-refractivity contribution is -0.384. The van der Waals surface area contributed by atoms with E-state index in [2.05, 4.69) is 0 Å². The van der Waals surface area contributed by atoms with Gasteiger partial charge in [-0.1, -0.05) is 12.1 Å². The van der Waals surface area contributed by atoms with Crippen LogP contribution in [0.25, 0.3) is 0 Å². The summed E-state index contributed by atoms with van der Waals surface area (Å²) in [5, 5.41) is 20.1. The van der Waals surface area contributed by atoms with Crippen molar-refractivity contribution in [3.63, 3.8) is 0 Å². The molecule has 0 bridgehead atoms. The molecule has 86 valence electrons. The van der Waals surface area contributed by atoms with E-state index in [9.17, 15) is 15.2 Å². The molecule has 0 spiro atoms.